The number of nitrogens with zero attached hydrogens (tertiary/aromatic N) is 3. The molecule has 0 radical (unpaired) electrons. The fourth-order valence-corrected chi connectivity index (χ4v) is 5.26. The summed E-state index contributed by atoms with van der Waals surface area (Å²) >= 11 is 0. The number of ether oxygens (including phenoxy) is 1. The summed E-state index contributed by atoms with van der Waals surface area (Å²) in [5.41, 5.74) is 1.90. The topological polar surface area (TPSA) is 56.2 Å². The summed E-state index contributed by atoms with van der Waals surface area (Å²) in [6, 6.07) is 21.0. The van der Waals surface area contributed by atoms with Crippen LogP contribution in [0.25, 0.3) is 0 Å². The van der Waals surface area contributed by atoms with Gasteiger partial charge in [0.05, 0.1) is 6.10 Å². The molecular weight excluding hydrogens is 438 g/mol. The average Bonchev–Trinajstić information content (AvgIpc) is 3.60. The molecule has 6 heteroatoms. The van der Waals surface area contributed by atoms with Crippen molar-refractivity contribution >= 4 is 11.8 Å². The van der Waals surface area contributed by atoms with Gasteiger partial charge in [0.25, 0.3) is 0 Å². The van der Waals surface area contributed by atoms with Gasteiger partial charge in [-0.2, -0.15) is 0 Å². The van der Waals surface area contributed by atoms with Crippen LogP contribution in [0.1, 0.15) is 51.5 Å². The molecule has 0 bridgehead atoms. The van der Waals surface area contributed by atoms with Gasteiger partial charge in [0.15, 0.2) is 0 Å². The third-order valence-electron chi connectivity index (χ3n) is 7.05. The predicted octanol–water partition coefficient (Wildman–Crippen LogP) is 4.74. The number of piperidine rings is 1. The maximum Gasteiger partial charge on any atom is 0.410 e. The number of likely N-dealkylation sites (N-methyl/N-ethyl adjacent to an activating group) is 1. The molecule has 1 N–H and O–H groups in total. The monoisotopic (exact) mass is 479 g/mol. The van der Waals surface area contributed by atoms with E-state index in [4.69, 9.17) is 4.74 Å². The van der Waals surface area contributed by atoms with Crippen LogP contribution in [0.15, 0.2) is 60.7 Å². The molecule has 1 saturated carbocycles. The highest BCUT2D eigenvalue weighted by Gasteiger charge is 2.48. The van der Waals surface area contributed by atoms with Gasteiger partial charge in [-0.3, -0.25) is 0 Å². The molecule has 0 spiro atoms. The van der Waals surface area contributed by atoms with E-state index in [0.29, 0.717) is 19.0 Å². The number of likely N-dealkylation sites (tertiary alicyclic amines) is 1. The van der Waals surface area contributed by atoms with E-state index >= 15 is 0 Å². The summed E-state index contributed by atoms with van der Waals surface area (Å²) in [6.45, 7) is 8.78. The molecule has 0 aromatic heterocycles. The van der Waals surface area contributed by atoms with E-state index in [1.54, 1.807) is 0 Å². The summed E-state index contributed by atoms with van der Waals surface area (Å²) in [6.07, 6.45) is 2.18. The molecule has 3 atom stereocenters. The second-order valence-corrected chi connectivity index (χ2v) is 11.1. The third kappa shape index (κ3) is 6.98. The minimum atomic E-state index is -0.512. The minimum absolute atomic E-state index is 0.170. The Labute approximate surface area is 210 Å². The zero-order valence-electron chi connectivity index (χ0n) is 21.6. The van der Waals surface area contributed by atoms with Crippen molar-refractivity contribution in [3.05, 3.63) is 66.2 Å². The van der Waals surface area contributed by atoms with Crippen molar-refractivity contribution in [2.75, 3.05) is 38.1 Å². The first-order chi connectivity index (χ1) is 16.7. The molecular formula is C29H41N3O3. The molecule has 6 nitrogen and oxygen atoms in total. The van der Waals surface area contributed by atoms with Crippen LogP contribution in [-0.4, -0.2) is 78.0 Å². The van der Waals surface area contributed by atoms with E-state index in [9.17, 15) is 9.90 Å². The number of para-hydroxylation sites is 1. The average molecular weight is 480 g/mol. The van der Waals surface area contributed by atoms with Crippen molar-refractivity contribution in [1.29, 1.82) is 0 Å². The smallest absolute Gasteiger partial charge is 0.410 e. The Balaban J connectivity index is 1.33. The van der Waals surface area contributed by atoms with E-state index in [0.717, 1.165) is 38.0 Å². The highest BCUT2D eigenvalue weighted by atomic mass is 16.6. The SMILES string of the molecule is CN(CC(O)CN1CCC(N(C(=O)OC(C)(C)C)[C@@H]2CC2c2ccccc2)CC1)c1ccccc1. The van der Waals surface area contributed by atoms with Gasteiger partial charge < -0.3 is 24.5 Å². The van der Waals surface area contributed by atoms with E-state index in [-0.39, 0.29) is 18.2 Å². The number of β-amino-alcohol motifs (C(OH)–C–C–N with tert-alkyl or cyclic N) is 1. The number of aliphatic hydroxyl groups excluding tert-OH is 1. The number of carbonyl (C=O) groups excluding carboxylic acids is 1. The minimum Gasteiger partial charge on any atom is -0.444 e. The first kappa shape index (κ1) is 25.5. The Morgan fingerprint density at radius 2 is 1.66 bits per heavy atom. The van der Waals surface area contributed by atoms with Crippen molar-refractivity contribution in [3.8, 4) is 0 Å². The van der Waals surface area contributed by atoms with Crippen molar-refractivity contribution in [1.82, 2.24) is 9.80 Å². The van der Waals surface area contributed by atoms with Gasteiger partial charge in [0, 0.05) is 56.9 Å². The highest BCUT2D eigenvalue weighted by Crippen LogP contribution is 2.46. The molecule has 2 fully saturated rings. The lowest BCUT2D eigenvalue weighted by Crippen LogP contribution is -2.51. The fourth-order valence-electron chi connectivity index (χ4n) is 5.26. The Morgan fingerprint density at radius 1 is 1.06 bits per heavy atom. The highest BCUT2D eigenvalue weighted by molar-refractivity contribution is 5.70. The van der Waals surface area contributed by atoms with Crippen molar-refractivity contribution in [2.45, 2.75) is 69.7 Å². The van der Waals surface area contributed by atoms with Gasteiger partial charge in [-0.15, -0.1) is 0 Å². The molecule has 4 rings (SSSR count). The normalized spacial score (nSPS) is 21.9. The second-order valence-electron chi connectivity index (χ2n) is 11.1. The molecule has 1 amide bonds. The molecule has 2 aromatic carbocycles. The quantitative estimate of drug-likeness (QED) is 0.593. The Bertz CT molecular complexity index is 939. The predicted molar refractivity (Wildman–Crippen MR) is 141 cm³/mol. The van der Waals surface area contributed by atoms with Crippen LogP contribution in [0, 0.1) is 0 Å². The molecule has 2 aliphatic rings. The summed E-state index contributed by atoms with van der Waals surface area (Å²) in [7, 11) is 2.02. The number of rotatable bonds is 8. The van der Waals surface area contributed by atoms with Crippen LogP contribution in [-0.2, 0) is 4.74 Å². The molecule has 2 aromatic rings. The zero-order valence-corrected chi connectivity index (χ0v) is 21.6. The van der Waals surface area contributed by atoms with Gasteiger partial charge in [-0.25, -0.2) is 4.79 Å². The number of amides is 1. The maximum atomic E-state index is 13.3. The van der Waals surface area contributed by atoms with Crippen LogP contribution < -0.4 is 4.90 Å². The standard InChI is InChI=1S/C29H41N3O3/c1-29(2,3)35-28(34)32(27-19-26(27)22-11-7-5-8-12-22)24-15-17-31(18-16-24)21-25(33)20-30(4)23-13-9-6-10-14-23/h5-14,24-27,33H,15-21H2,1-4H3/t25?,26?,27-/m1/s1. The number of aliphatic hydroxyl groups is 1. The largest absolute Gasteiger partial charge is 0.444 e. The second kappa shape index (κ2) is 11.0. The lowest BCUT2D eigenvalue weighted by molar-refractivity contribution is 0.00278. The number of carbonyl (C=O) groups is 1. The van der Waals surface area contributed by atoms with Gasteiger partial charge in [0.2, 0.25) is 0 Å². The summed E-state index contributed by atoms with van der Waals surface area (Å²) in [4.78, 5) is 19.7. The summed E-state index contributed by atoms with van der Waals surface area (Å²) in [5.74, 6) is 0.386. The first-order valence-corrected chi connectivity index (χ1v) is 12.9. The van der Waals surface area contributed by atoms with Gasteiger partial charge >= 0.3 is 6.09 Å². The third-order valence-corrected chi connectivity index (χ3v) is 7.05. The zero-order chi connectivity index (χ0) is 25.0. The lowest BCUT2D eigenvalue weighted by Gasteiger charge is -2.40. The van der Waals surface area contributed by atoms with Crippen LogP contribution in [0.3, 0.4) is 0 Å². The van der Waals surface area contributed by atoms with Crippen molar-refractivity contribution < 1.29 is 14.6 Å². The number of hydrogen-bond donors (Lipinski definition) is 1. The maximum absolute atomic E-state index is 13.3. The molecule has 1 aliphatic heterocycles. The Kier molecular flexibility index (Phi) is 8.02. The van der Waals surface area contributed by atoms with Crippen LogP contribution in [0.4, 0.5) is 10.5 Å². The molecule has 1 saturated heterocycles. The van der Waals surface area contributed by atoms with Crippen LogP contribution >= 0.6 is 0 Å². The Morgan fingerprint density at radius 3 is 2.26 bits per heavy atom. The molecule has 2 unspecified atom stereocenters. The van der Waals surface area contributed by atoms with Crippen LogP contribution in [0.5, 0.6) is 0 Å². The summed E-state index contributed by atoms with van der Waals surface area (Å²) < 4.78 is 5.84. The van der Waals surface area contributed by atoms with E-state index < -0.39 is 11.7 Å². The van der Waals surface area contributed by atoms with Crippen LogP contribution in [0.2, 0.25) is 0 Å². The molecule has 190 valence electrons. The number of anilines is 1. The van der Waals surface area contributed by atoms with Crippen molar-refractivity contribution in [3.63, 3.8) is 0 Å². The number of benzene rings is 2. The van der Waals surface area contributed by atoms with E-state index in [2.05, 4.69) is 46.2 Å². The van der Waals surface area contributed by atoms with E-state index in [1.165, 1.54) is 5.56 Å². The van der Waals surface area contributed by atoms with Crippen molar-refractivity contribution in [2.24, 2.45) is 0 Å². The fraction of sp³-hybridized carbons (Fsp3) is 0.552. The molecule has 1 aliphatic carbocycles. The van der Waals surface area contributed by atoms with Gasteiger partial charge in [-0.1, -0.05) is 48.5 Å². The number of hydrogen-bond acceptors (Lipinski definition) is 5. The Hall–Kier alpha value is -2.57. The van der Waals surface area contributed by atoms with Gasteiger partial charge in [-0.05, 0) is 57.7 Å². The molecule has 35 heavy (non-hydrogen) atoms. The molecule has 1 heterocycles. The van der Waals surface area contributed by atoms with E-state index in [1.807, 2.05) is 57.0 Å². The summed E-state index contributed by atoms with van der Waals surface area (Å²) in [5, 5.41) is 10.7. The first-order valence-electron chi connectivity index (χ1n) is 12.9. The van der Waals surface area contributed by atoms with Gasteiger partial charge in [0.1, 0.15) is 5.60 Å². The lowest BCUT2D eigenvalue weighted by atomic mass is 10.0.